The van der Waals surface area contributed by atoms with Crippen molar-refractivity contribution in [3.05, 3.63) is 74.4 Å². The summed E-state index contributed by atoms with van der Waals surface area (Å²) in [7, 11) is 1.44. The highest BCUT2D eigenvalue weighted by Gasteiger charge is 2.16. The number of nitrogens with zero attached hydrogens (tertiary/aromatic N) is 4. The molecule has 0 saturated heterocycles. The van der Waals surface area contributed by atoms with Gasteiger partial charge in [-0.1, -0.05) is 23.5 Å². The number of hydrogen-bond acceptors (Lipinski definition) is 6. The lowest BCUT2D eigenvalue weighted by atomic mass is 10.1. The molecule has 0 radical (unpaired) electrons. The second-order valence-electron chi connectivity index (χ2n) is 5.34. The van der Waals surface area contributed by atoms with Crippen LogP contribution >= 0.6 is 11.3 Å². The van der Waals surface area contributed by atoms with Crippen molar-refractivity contribution in [1.82, 2.24) is 14.8 Å². The molecule has 2 aromatic heterocycles. The average Bonchev–Trinajstić information content (AvgIpc) is 2.98. The minimum atomic E-state index is -0.545. The number of aromatic nitrogens is 3. The van der Waals surface area contributed by atoms with Crippen molar-refractivity contribution in [1.29, 1.82) is 5.26 Å². The van der Waals surface area contributed by atoms with Crippen LogP contribution in [0.4, 0.5) is 9.52 Å². The molecule has 26 heavy (non-hydrogen) atoms. The Morgan fingerprint density at radius 3 is 2.88 bits per heavy atom. The maximum Gasteiger partial charge on any atom is 0.277 e. The van der Waals surface area contributed by atoms with Crippen LogP contribution in [0, 0.1) is 17.1 Å². The third-order valence-electron chi connectivity index (χ3n) is 3.47. The first kappa shape index (κ1) is 17.4. The summed E-state index contributed by atoms with van der Waals surface area (Å²) in [5.74, 6) is -0.907. The Labute approximate surface area is 151 Å². The van der Waals surface area contributed by atoms with Crippen LogP contribution in [0.25, 0.3) is 0 Å². The molecule has 7 nitrogen and oxygen atoms in total. The number of thiazole rings is 1. The Balaban J connectivity index is 1.82. The van der Waals surface area contributed by atoms with Crippen LogP contribution in [0.2, 0.25) is 0 Å². The summed E-state index contributed by atoms with van der Waals surface area (Å²) in [5.41, 5.74) is 0.582. The molecule has 0 fully saturated rings. The highest BCUT2D eigenvalue weighted by molar-refractivity contribution is 7.16. The van der Waals surface area contributed by atoms with E-state index in [-0.39, 0.29) is 27.9 Å². The zero-order valence-electron chi connectivity index (χ0n) is 13.6. The Morgan fingerprint density at radius 1 is 1.38 bits per heavy atom. The van der Waals surface area contributed by atoms with Gasteiger partial charge in [0.1, 0.15) is 17.6 Å². The standard InChI is InChI=1S/C17H12FN5O2S/c1-23-15(24)6-5-12(22-23)16(25)21-17-20-13(9-19)14(26-17)8-10-3-2-4-11(18)7-10/h2-7H,8H2,1H3,(H,20,21,25). The van der Waals surface area contributed by atoms with E-state index in [9.17, 15) is 19.2 Å². The van der Waals surface area contributed by atoms with Gasteiger partial charge in [0.05, 0.1) is 0 Å². The molecular formula is C17H12FN5O2S. The number of hydrogen-bond donors (Lipinski definition) is 1. The summed E-state index contributed by atoms with van der Waals surface area (Å²) in [6, 6.07) is 10.6. The van der Waals surface area contributed by atoms with Crippen molar-refractivity contribution in [2.24, 2.45) is 7.05 Å². The second kappa shape index (κ2) is 7.25. The highest BCUT2D eigenvalue weighted by atomic mass is 32.1. The number of carbonyl (C=O) groups excluding carboxylic acids is 1. The first-order valence-electron chi connectivity index (χ1n) is 7.46. The van der Waals surface area contributed by atoms with Gasteiger partial charge in [-0.25, -0.2) is 14.1 Å². The molecule has 0 aliphatic heterocycles. The molecule has 1 amide bonds. The zero-order valence-corrected chi connectivity index (χ0v) is 14.4. The number of carbonyl (C=O) groups is 1. The summed E-state index contributed by atoms with van der Waals surface area (Å²) in [5, 5.41) is 15.9. The molecule has 0 saturated carbocycles. The molecule has 2 heterocycles. The van der Waals surface area contributed by atoms with Crippen LogP contribution in [-0.2, 0) is 13.5 Å². The first-order valence-corrected chi connectivity index (χ1v) is 8.28. The van der Waals surface area contributed by atoms with Crippen LogP contribution < -0.4 is 10.9 Å². The Morgan fingerprint density at radius 2 is 2.19 bits per heavy atom. The van der Waals surface area contributed by atoms with Crippen molar-refractivity contribution in [3.8, 4) is 6.07 Å². The lowest BCUT2D eigenvalue weighted by molar-refractivity contribution is 0.102. The van der Waals surface area contributed by atoms with E-state index in [1.807, 2.05) is 6.07 Å². The van der Waals surface area contributed by atoms with Gasteiger partial charge in [0.15, 0.2) is 10.8 Å². The molecule has 0 aliphatic rings. The lowest BCUT2D eigenvalue weighted by Gasteiger charge is -2.02. The molecule has 1 aromatic carbocycles. The molecular weight excluding hydrogens is 357 g/mol. The normalized spacial score (nSPS) is 10.3. The Bertz CT molecular complexity index is 1080. The number of benzene rings is 1. The highest BCUT2D eigenvalue weighted by Crippen LogP contribution is 2.25. The van der Waals surface area contributed by atoms with Gasteiger partial charge >= 0.3 is 0 Å². The SMILES string of the molecule is Cn1nc(C(=O)Nc2nc(C#N)c(Cc3cccc(F)c3)s2)ccc1=O. The molecule has 0 atom stereocenters. The quantitative estimate of drug-likeness (QED) is 0.759. The van der Waals surface area contributed by atoms with Crippen molar-refractivity contribution >= 4 is 22.4 Å². The fraction of sp³-hybridized carbons (Fsp3) is 0.118. The second-order valence-corrected chi connectivity index (χ2v) is 6.43. The van der Waals surface area contributed by atoms with Gasteiger partial charge < -0.3 is 0 Å². The van der Waals surface area contributed by atoms with Crippen LogP contribution in [0.3, 0.4) is 0 Å². The minimum Gasteiger partial charge on any atom is -0.296 e. The van der Waals surface area contributed by atoms with Gasteiger partial charge in [-0.05, 0) is 23.8 Å². The van der Waals surface area contributed by atoms with E-state index in [1.165, 1.54) is 31.3 Å². The number of aryl methyl sites for hydroxylation is 1. The van der Waals surface area contributed by atoms with Gasteiger partial charge in [0, 0.05) is 24.4 Å². The molecule has 0 aliphatic carbocycles. The fourth-order valence-corrected chi connectivity index (χ4v) is 3.17. The largest absolute Gasteiger partial charge is 0.296 e. The van der Waals surface area contributed by atoms with Crippen LogP contribution in [0.15, 0.2) is 41.2 Å². The number of anilines is 1. The van der Waals surface area contributed by atoms with Crippen molar-refractivity contribution in [3.63, 3.8) is 0 Å². The van der Waals surface area contributed by atoms with Gasteiger partial charge in [-0.2, -0.15) is 10.4 Å². The van der Waals surface area contributed by atoms with Crippen LogP contribution in [0.1, 0.15) is 26.6 Å². The summed E-state index contributed by atoms with van der Waals surface area (Å²) in [6.07, 6.45) is 0.326. The molecule has 3 aromatic rings. The van der Waals surface area contributed by atoms with Gasteiger partial charge in [-0.3, -0.25) is 14.9 Å². The summed E-state index contributed by atoms with van der Waals surface area (Å²) in [4.78, 5) is 28.3. The molecule has 130 valence electrons. The third-order valence-corrected chi connectivity index (χ3v) is 4.44. The van der Waals surface area contributed by atoms with E-state index in [4.69, 9.17) is 0 Å². The van der Waals surface area contributed by atoms with Crippen molar-refractivity contribution in [2.75, 3.05) is 5.32 Å². The monoisotopic (exact) mass is 369 g/mol. The third kappa shape index (κ3) is 3.81. The molecule has 0 unspecified atom stereocenters. The zero-order chi connectivity index (χ0) is 18.7. The summed E-state index contributed by atoms with van der Waals surface area (Å²) in [6.45, 7) is 0. The van der Waals surface area contributed by atoms with Crippen LogP contribution in [0.5, 0.6) is 0 Å². The number of amides is 1. The van der Waals surface area contributed by atoms with Crippen molar-refractivity contribution in [2.45, 2.75) is 6.42 Å². The van der Waals surface area contributed by atoms with E-state index in [0.29, 0.717) is 16.9 Å². The van der Waals surface area contributed by atoms with E-state index in [0.717, 1.165) is 16.0 Å². The number of rotatable bonds is 4. The number of nitrogens with one attached hydrogen (secondary N) is 1. The Kier molecular flexibility index (Phi) is 4.86. The van der Waals surface area contributed by atoms with Gasteiger partial charge in [-0.15, -0.1) is 0 Å². The number of halogens is 1. The molecule has 0 bridgehead atoms. The maximum atomic E-state index is 13.3. The predicted molar refractivity (Wildman–Crippen MR) is 93.5 cm³/mol. The average molecular weight is 369 g/mol. The summed E-state index contributed by atoms with van der Waals surface area (Å²) < 4.78 is 14.4. The van der Waals surface area contributed by atoms with Crippen LogP contribution in [-0.4, -0.2) is 20.7 Å². The van der Waals surface area contributed by atoms with Gasteiger partial charge in [0.2, 0.25) is 0 Å². The molecule has 3 rings (SSSR count). The predicted octanol–water partition coefficient (Wildman–Crippen LogP) is 2.09. The first-order chi connectivity index (χ1) is 12.5. The smallest absolute Gasteiger partial charge is 0.277 e. The minimum absolute atomic E-state index is 0.0486. The fourth-order valence-electron chi connectivity index (χ4n) is 2.23. The van der Waals surface area contributed by atoms with E-state index in [1.54, 1.807) is 12.1 Å². The Hall–Kier alpha value is -3.38. The lowest BCUT2D eigenvalue weighted by Crippen LogP contribution is -2.23. The van der Waals surface area contributed by atoms with Gasteiger partial charge in [0.25, 0.3) is 11.5 Å². The van der Waals surface area contributed by atoms with E-state index >= 15 is 0 Å². The molecule has 9 heteroatoms. The van der Waals surface area contributed by atoms with E-state index in [2.05, 4.69) is 15.4 Å². The summed E-state index contributed by atoms with van der Waals surface area (Å²) >= 11 is 1.13. The van der Waals surface area contributed by atoms with Crippen molar-refractivity contribution < 1.29 is 9.18 Å². The topological polar surface area (TPSA) is 101 Å². The molecule has 0 spiro atoms. The molecule has 1 N–H and O–H groups in total. The van der Waals surface area contributed by atoms with E-state index < -0.39 is 5.91 Å². The maximum absolute atomic E-state index is 13.3. The number of nitriles is 1.